The van der Waals surface area contributed by atoms with E-state index < -0.39 is 6.17 Å². The van der Waals surface area contributed by atoms with Crippen LogP contribution in [0.15, 0.2) is 0 Å². The Morgan fingerprint density at radius 2 is 2.00 bits per heavy atom. The van der Waals surface area contributed by atoms with Crippen LogP contribution in [0.25, 0.3) is 0 Å². The molecule has 0 spiro atoms. The fraction of sp³-hybridized carbons (Fsp3) is 1.00. The fourth-order valence-corrected chi connectivity index (χ4v) is 2.01. The molecule has 2 atom stereocenters. The van der Waals surface area contributed by atoms with Gasteiger partial charge in [-0.2, -0.15) is 0 Å². The lowest BCUT2D eigenvalue weighted by Gasteiger charge is -2.34. The van der Waals surface area contributed by atoms with Crippen LogP contribution in [0.1, 0.15) is 26.2 Å². The van der Waals surface area contributed by atoms with E-state index in [1.807, 2.05) is 6.92 Å². The number of likely N-dealkylation sites (tertiary alicyclic amines) is 1. The Hall–Kier alpha value is -0.110. The van der Waals surface area contributed by atoms with Crippen molar-refractivity contribution in [3.05, 3.63) is 0 Å². The molecule has 1 nitrogen and oxygen atoms in total. The highest BCUT2D eigenvalue weighted by Gasteiger charge is 2.35. The third kappa shape index (κ3) is 1.28. The van der Waals surface area contributed by atoms with Gasteiger partial charge in [-0.1, -0.05) is 13.3 Å². The minimum absolute atomic E-state index is 0.274. The summed E-state index contributed by atoms with van der Waals surface area (Å²) in [6.45, 7) is 3.71. The standard InChI is InChI=1S/C9H16FN/c1-7-5-11(6-9(7)10)8-3-2-4-8/h7-9H,2-6H2,1H3. The maximum absolute atomic E-state index is 13.0. The average molecular weight is 157 g/mol. The Morgan fingerprint density at radius 3 is 2.36 bits per heavy atom. The van der Waals surface area contributed by atoms with Crippen molar-refractivity contribution in [1.82, 2.24) is 4.90 Å². The number of nitrogens with zero attached hydrogens (tertiary/aromatic N) is 1. The molecule has 2 aliphatic rings. The Labute approximate surface area is 67.6 Å². The van der Waals surface area contributed by atoms with Gasteiger partial charge in [-0.3, -0.25) is 4.90 Å². The first kappa shape index (κ1) is 7.53. The fourth-order valence-electron chi connectivity index (χ4n) is 2.01. The Bertz CT molecular complexity index is 134. The zero-order valence-corrected chi connectivity index (χ0v) is 7.09. The quantitative estimate of drug-likeness (QED) is 0.561. The summed E-state index contributed by atoms with van der Waals surface area (Å²) >= 11 is 0. The van der Waals surface area contributed by atoms with Crippen LogP contribution in [0.5, 0.6) is 0 Å². The van der Waals surface area contributed by atoms with Crippen molar-refractivity contribution in [2.75, 3.05) is 13.1 Å². The van der Waals surface area contributed by atoms with E-state index in [-0.39, 0.29) is 5.92 Å². The number of alkyl halides is 1. The van der Waals surface area contributed by atoms with Crippen LogP contribution in [0.3, 0.4) is 0 Å². The summed E-state index contributed by atoms with van der Waals surface area (Å²) in [6, 6.07) is 0.734. The normalized spacial score (nSPS) is 40.9. The van der Waals surface area contributed by atoms with Crippen LogP contribution in [-0.2, 0) is 0 Å². The Balaban J connectivity index is 1.87. The molecule has 1 saturated carbocycles. The van der Waals surface area contributed by atoms with Gasteiger partial charge in [0, 0.05) is 25.0 Å². The van der Waals surface area contributed by atoms with Crippen molar-refractivity contribution in [1.29, 1.82) is 0 Å². The van der Waals surface area contributed by atoms with Gasteiger partial charge in [0.2, 0.25) is 0 Å². The molecule has 0 amide bonds. The van der Waals surface area contributed by atoms with E-state index in [2.05, 4.69) is 4.90 Å². The summed E-state index contributed by atoms with van der Waals surface area (Å²) in [6.07, 6.45) is 3.40. The first-order chi connectivity index (χ1) is 5.27. The largest absolute Gasteiger partial charge is 0.297 e. The van der Waals surface area contributed by atoms with Gasteiger partial charge in [-0.15, -0.1) is 0 Å². The molecule has 0 aromatic rings. The zero-order chi connectivity index (χ0) is 7.84. The van der Waals surface area contributed by atoms with Crippen molar-refractivity contribution >= 4 is 0 Å². The van der Waals surface area contributed by atoms with Crippen LogP contribution in [0, 0.1) is 5.92 Å². The molecule has 0 aromatic carbocycles. The van der Waals surface area contributed by atoms with Gasteiger partial charge < -0.3 is 0 Å². The smallest absolute Gasteiger partial charge is 0.116 e. The lowest BCUT2D eigenvalue weighted by atomic mass is 9.92. The third-order valence-corrected chi connectivity index (χ3v) is 3.14. The maximum Gasteiger partial charge on any atom is 0.116 e. The predicted molar refractivity (Wildman–Crippen MR) is 43.3 cm³/mol. The van der Waals surface area contributed by atoms with E-state index in [0.29, 0.717) is 6.54 Å². The van der Waals surface area contributed by atoms with E-state index in [1.165, 1.54) is 19.3 Å². The van der Waals surface area contributed by atoms with Gasteiger partial charge in [-0.05, 0) is 12.8 Å². The molecule has 1 aliphatic carbocycles. The number of rotatable bonds is 1. The molecule has 11 heavy (non-hydrogen) atoms. The maximum atomic E-state index is 13.0. The molecule has 2 heteroatoms. The average Bonchev–Trinajstić information content (AvgIpc) is 2.08. The van der Waals surface area contributed by atoms with Crippen molar-refractivity contribution in [3.8, 4) is 0 Å². The molecule has 2 unspecified atom stereocenters. The van der Waals surface area contributed by atoms with Crippen LogP contribution in [0.2, 0.25) is 0 Å². The van der Waals surface area contributed by atoms with Crippen LogP contribution in [-0.4, -0.2) is 30.2 Å². The molecule has 1 heterocycles. The Kier molecular flexibility index (Phi) is 1.88. The van der Waals surface area contributed by atoms with E-state index in [9.17, 15) is 4.39 Å². The minimum atomic E-state index is -0.560. The van der Waals surface area contributed by atoms with Gasteiger partial charge in [0.15, 0.2) is 0 Å². The third-order valence-electron chi connectivity index (χ3n) is 3.14. The molecule has 0 bridgehead atoms. The molecular weight excluding hydrogens is 141 g/mol. The second kappa shape index (κ2) is 2.74. The molecule has 1 saturated heterocycles. The van der Waals surface area contributed by atoms with E-state index in [4.69, 9.17) is 0 Å². The van der Waals surface area contributed by atoms with Gasteiger partial charge in [0.1, 0.15) is 6.17 Å². The topological polar surface area (TPSA) is 3.24 Å². The number of halogens is 1. The first-order valence-corrected chi connectivity index (χ1v) is 4.65. The lowest BCUT2D eigenvalue weighted by molar-refractivity contribution is 0.147. The van der Waals surface area contributed by atoms with Crippen LogP contribution < -0.4 is 0 Å². The first-order valence-electron chi connectivity index (χ1n) is 4.65. The summed E-state index contributed by atoms with van der Waals surface area (Å²) in [4.78, 5) is 2.33. The molecule has 0 aromatic heterocycles. The minimum Gasteiger partial charge on any atom is -0.297 e. The highest BCUT2D eigenvalue weighted by Crippen LogP contribution is 2.30. The van der Waals surface area contributed by atoms with Crippen molar-refractivity contribution in [3.63, 3.8) is 0 Å². The highest BCUT2D eigenvalue weighted by molar-refractivity contribution is 4.89. The lowest BCUT2D eigenvalue weighted by Crippen LogP contribution is -2.38. The van der Waals surface area contributed by atoms with Crippen LogP contribution >= 0.6 is 0 Å². The van der Waals surface area contributed by atoms with Gasteiger partial charge in [0.25, 0.3) is 0 Å². The summed E-state index contributed by atoms with van der Waals surface area (Å²) < 4.78 is 13.0. The predicted octanol–water partition coefficient (Wildman–Crippen LogP) is 1.83. The van der Waals surface area contributed by atoms with Gasteiger partial charge in [-0.25, -0.2) is 4.39 Å². The van der Waals surface area contributed by atoms with Crippen molar-refractivity contribution in [2.24, 2.45) is 5.92 Å². The van der Waals surface area contributed by atoms with Crippen molar-refractivity contribution in [2.45, 2.75) is 38.4 Å². The summed E-state index contributed by atoms with van der Waals surface area (Å²) in [7, 11) is 0. The summed E-state index contributed by atoms with van der Waals surface area (Å²) in [5.74, 6) is 0.274. The number of hydrogen-bond acceptors (Lipinski definition) is 1. The monoisotopic (exact) mass is 157 g/mol. The zero-order valence-electron chi connectivity index (χ0n) is 7.09. The van der Waals surface area contributed by atoms with E-state index in [1.54, 1.807) is 0 Å². The molecule has 2 rings (SSSR count). The molecule has 0 radical (unpaired) electrons. The van der Waals surface area contributed by atoms with E-state index >= 15 is 0 Å². The second-order valence-corrected chi connectivity index (χ2v) is 4.03. The summed E-state index contributed by atoms with van der Waals surface area (Å²) in [5, 5.41) is 0. The Morgan fingerprint density at radius 1 is 1.27 bits per heavy atom. The molecule has 1 aliphatic heterocycles. The summed E-state index contributed by atoms with van der Waals surface area (Å²) in [5.41, 5.74) is 0. The van der Waals surface area contributed by atoms with Crippen molar-refractivity contribution < 1.29 is 4.39 Å². The molecular formula is C9H16FN. The highest BCUT2D eigenvalue weighted by atomic mass is 19.1. The molecule has 2 fully saturated rings. The number of hydrogen-bond donors (Lipinski definition) is 0. The SMILES string of the molecule is CC1CN(C2CCC2)CC1F. The molecule has 64 valence electrons. The second-order valence-electron chi connectivity index (χ2n) is 4.03. The van der Waals surface area contributed by atoms with Gasteiger partial charge in [0.05, 0.1) is 0 Å². The molecule has 0 N–H and O–H groups in total. The van der Waals surface area contributed by atoms with Crippen LogP contribution in [0.4, 0.5) is 4.39 Å². The van der Waals surface area contributed by atoms with Gasteiger partial charge >= 0.3 is 0 Å². The van der Waals surface area contributed by atoms with E-state index in [0.717, 1.165) is 12.6 Å².